The molecule has 62 valence electrons. The van der Waals surface area contributed by atoms with Crippen LogP contribution in [0, 0.1) is 6.92 Å². The first kappa shape index (κ1) is 7.28. The van der Waals surface area contributed by atoms with Gasteiger partial charge in [-0.25, -0.2) is 4.98 Å². The van der Waals surface area contributed by atoms with Gasteiger partial charge in [-0.05, 0) is 19.4 Å². The molecular weight excluding hydrogens is 152 g/mol. The molecule has 3 heteroatoms. The zero-order chi connectivity index (χ0) is 8.55. The van der Waals surface area contributed by atoms with Crippen molar-refractivity contribution in [2.75, 3.05) is 0 Å². The van der Waals surface area contributed by atoms with Gasteiger partial charge < -0.3 is 4.42 Å². The highest BCUT2D eigenvalue weighted by molar-refractivity contribution is 5.74. The van der Waals surface area contributed by atoms with Crippen molar-refractivity contribution in [3.63, 3.8) is 0 Å². The van der Waals surface area contributed by atoms with E-state index in [1.54, 1.807) is 0 Å². The van der Waals surface area contributed by atoms with E-state index in [0.717, 1.165) is 28.9 Å². The summed E-state index contributed by atoms with van der Waals surface area (Å²) in [7, 11) is 0. The van der Waals surface area contributed by atoms with E-state index in [0.29, 0.717) is 0 Å². The summed E-state index contributed by atoms with van der Waals surface area (Å²) >= 11 is 0. The summed E-state index contributed by atoms with van der Waals surface area (Å²) in [6, 6.07) is 1.96. The van der Waals surface area contributed by atoms with Crippen LogP contribution < -0.4 is 0 Å². The molecule has 2 aromatic rings. The van der Waals surface area contributed by atoms with Crippen LogP contribution in [0.25, 0.3) is 11.1 Å². The largest absolute Gasteiger partial charge is 0.442 e. The fourth-order valence-corrected chi connectivity index (χ4v) is 1.27. The summed E-state index contributed by atoms with van der Waals surface area (Å²) in [5, 5.41) is 0. The predicted octanol–water partition coefficient (Wildman–Crippen LogP) is 2.09. The second-order valence-electron chi connectivity index (χ2n) is 2.75. The summed E-state index contributed by atoms with van der Waals surface area (Å²) in [6.45, 7) is 4.01. The Balaban J connectivity index is 2.75. The SMILES string of the molecule is CCc1cc2ncoc2c(C)n1. The number of rotatable bonds is 1. The van der Waals surface area contributed by atoms with Gasteiger partial charge in [-0.15, -0.1) is 0 Å². The standard InChI is InChI=1S/C9H10N2O/c1-3-7-4-8-9(6(2)11-7)12-5-10-8/h4-5H,3H2,1-2H3. The molecule has 0 aromatic carbocycles. The molecule has 0 bridgehead atoms. The van der Waals surface area contributed by atoms with Gasteiger partial charge in [0.15, 0.2) is 12.0 Å². The summed E-state index contributed by atoms with van der Waals surface area (Å²) in [6.07, 6.45) is 2.39. The van der Waals surface area contributed by atoms with E-state index in [-0.39, 0.29) is 0 Å². The molecule has 0 saturated heterocycles. The molecule has 0 aliphatic carbocycles. The molecule has 0 amide bonds. The number of hydrogen-bond donors (Lipinski definition) is 0. The maximum atomic E-state index is 5.17. The van der Waals surface area contributed by atoms with E-state index in [1.165, 1.54) is 6.39 Å². The van der Waals surface area contributed by atoms with E-state index in [9.17, 15) is 0 Å². The molecule has 12 heavy (non-hydrogen) atoms. The first-order chi connectivity index (χ1) is 5.81. The molecule has 0 fully saturated rings. The Morgan fingerprint density at radius 1 is 1.50 bits per heavy atom. The lowest BCUT2D eigenvalue weighted by molar-refractivity contribution is 0.597. The van der Waals surface area contributed by atoms with Crippen molar-refractivity contribution < 1.29 is 4.42 Å². The number of oxazole rings is 1. The maximum absolute atomic E-state index is 5.17. The molecule has 0 aliphatic heterocycles. The topological polar surface area (TPSA) is 38.9 Å². The Hall–Kier alpha value is -1.38. The van der Waals surface area contributed by atoms with Crippen LogP contribution in [0.15, 0.2) is 16.9 Å². The van der Waals surface area contributed by atoms with Crippen molar-refractivity contribution in [2.45, 2.75) is 20.3 Å². The summed E-state index contributed by atoms with van der Waals surface area (Å²) in [5.41, 5.74) is 3.68. The van der Waals surface area contributed by atoms with Gasteiger partial charge in [0.05, 0.1) is 5.69 Å². The van der Waals surface area contributed by atoms with Crippen LogP contribution in [0.2, 0.25) is 0 Å². The number of nitrogens with zero attached hydrogens (tertiary/aromatic N) is 2. The zero-order valence-corrected chi connectivity index (χ0v) is 7.16. The highest BCUT2D eigenvalue weighted by Gasteiger charge is 2.04. The number of aryl methyl sites for hydroxylation is 2. The van der Waals surface area contributed by atoms with Crippen molar-refractivity contribution in [1.29, 1.82) is 0 Å². The van der Waals surface area contributed by atoms with Gasteiger partial charge in [-0.2, -0.15) is 0 Å². The Labute approximate surface area is 70.4 Å². The fourth-order valence-electron chi connectivity index (χ4n) is 1.27. The molecular formula is C9H10N2O. The highest BCUT2D eigenvalue weighted by Crippen LogP contribution is 2.16. The Morgan fingerprint density at radius 3 is 3.08 bits per heavy atom. The highest BCUT2D eigenvalue weighted by atomic mass is 16.3. The molecule has 3 nitrogen and oxygen atoms in total. The normalized spacial score (nSPS) is 10.8. The van der Waals surface area contributed by atoms with E-state index in [4.69, 9.17) is 4.42 Å². The lowest BCUT2D eigenvalue weighted by Crippen LogP contribution is -1.90. The maximum Gasteiger partial charge on any atom is 0.182 e. The van der Waals surface area contributed by atoms with Crippen molar-refractivity contribution in [1.82, 2.24) is 9.97 Å². The van der Waals surface area contributed by atoms with Gasteiger partial charge in [0.2, 0.25) is 0 Å². The number of fused-ring (bicyclic) bond motifs is 1. The summed E-state index contributed by atoms with van der Waals surface area (Å²) < 4.78 is 5.17. The van der Waals surface area contributed by atoms with Crippen LogP contribution >= 0.6 is 0 Å². The van der Waals surface area contributed by atoms with Crippen LogP contribution in [0.4, 0.5) is 0 Å². The van der Waals surface area contributed by atoms with Gasteiger partial charge >= 0.3 is 0 Å². The molecule has 0 saturated carbocycles. The smallest absolute Gasteiger partial charge is 0.182 e. The number of aromatic nitrogens is 2. The number of hydrogen-bond acceptors (Lipinski definition) is 3. The quantitative estimate of drug-likeness (QED) is 0.644. The van der Waals surface area contributed by atoms with Crippen LogP contribution in [-0.4, -0.2) is 9.97 Å². The number of pyridine rings is 1. The van der Waals surface area contributed by atoms with Gasteiger partial charge in [-0.1, -0.05) is 6.92 Å². The Kier molecular flexibility index (Phi) is 1.57. The molecule has 0 spiro atoms. The lowest BCUT2D eigenvalue weighted by Gasteiger charge is -1.97. The van der Waals surface area contributed by atoms with Crippen molar-refractivity contribution in [3.05, 3.63) is 23.8 Å². The lowest BCUT2D eigenvalue weighted by atomic mass is 10.2. The van der Waals surface area contributed by atoms with Gasteiger partial charge in [0.25, 0.3) is 0 Å². The zero-order valence-electron chi connectivity index (χ0n) is 7.16. The van der Waals surface area contributed by atoms with Crippen molar-refractivity contribution >= 4 is 11.1 Å². The molecule has 0 unspecified atom stereocenters. The van der Waals surface area contributed by atoms with Crippen LogP contribution in [0.1, 0.15) is 18.3 Å². The van der Waals surface area contributed by atoms with Gasteiger partial charge in [-0.3, -0.25) is 4.98 Å². The Morgan fingerprint density at radius 2 is 2.33 bits per heavy atom. The van der Waals surface area contributed by atoms with Gasteiger partial charge in [0, 0.05) is 5.69 Å². The minimum atomic E-state index is 0.798. The van der Waals surface area contributed by atoms with Gasteiger partial charge in [0.1, 0.15) is 5.52 Å². The third-order valence-corrected chi connectivity index (χ3v) is 1.90. The Bertz CT molecular complexity index is 406. The third-order valence-electron chi connectivity index (χ3n) is 1.90. The molecule has 0 radical (unpaired) electrons. The molecule has 0 atom stereocenters. The van der Waals surface area contributed by atoms with E-state index in [2.05, 4.69) is 16.9 Å². The van der Waals surface area contributed by atoms with Crippen molar-refractivity contribution in [3.8, 4) is 0 Å². The molecule has 2 aromatic heterocycles. The predicted molar refractivity (Wildman–Crippen MR) is 45.9 cm³/mol. The summed E-state index contributed by atoms with van der Waals surface area (Å²) in [5.74, 6) is 0. The fraction of sp³-hybridized carbons (Fsp3) is 0.333. The monoisotopic (exact) mass is 162 g/mol. The van der Waals surface area contributed by atoms with Crippen LogP contribution in [0.3, 0.4) is 0 Å². The summed E-state index contributed by atoms with van der Waals surface area (Å²) in [4.78, 5) is 8.44. The van der Waals surface area contributed by atoms with Crippen LogP contribution in [0.5, 0.6) is 0 Å². The van der Waals surface area contributed by atoms with E-state index in [1.807, 2.05) is 13.0 Å². The molecule has 0 N–H and O–H groups in total. The average molecular weight is 162 g/mol. The molecule has 2 heterocycles. The van der Waals surface area contributed by atoms with Crippen LogP contribution in [-0.2, 0) is 6.42 Å². The molecule has 0 aliphatic rings. The van der Waals surface area contributed by atoms with E-state index < -0.39 is 0 Å². The minimum absolute atomic E-state index is 0.798. The van der Waals surface area contributed by atoms with E-state index >= 15 is 0 Å². The minimum Gasteiger partial charge on any atom is -0.442 e. The average Bonchev–Trinajstić information content (AvgIpc) is 2.52. The molecule has 2 rings (SSSR count). The first-order valence-electron chi connectivity index (χ1n) is 4.01. The second kappa shape index (κ2) is 2.59. The second-order valence-corrected chi connectivity index (χ2v) is 2.75. The van der Waals surface area contributed by atoms with Crippen molar-refractivity contribution in [2.24, 2.45) is 0 Å². The third kappa shape index (κ3) is 0.978. The first-order valence-corrected chi connectivity index (χ1v) is 4.01.